The second-order valence-electron chi connectivity index (χ2n) is 4.16. The Morgan fingerprint density at radius 1 is 1.35 bits per heavy atom. The first kappa shape index (κ1) is 16.6. The van der Waals surface area contributed by atoms with E-state index >= 15 is 0 Å². The van der Waals surface area contributed by atoms with Gasteiger partial charge >= 0.3 is 5.97 Å². The van der Waals surface area contributed by atoms with Crippen LogP contribution in [-0.4, -0.2) is 36.5 Å². The van der Waals surface area contributed by atoms with E-state index in [0.717, 1.165) is 0 Å². The lowest BCUT2D eigenvalue weighted by atomic mass is 10.2. The maximum atomic E-state index is 13.0. The smallest absolute Gasteiger partial charge is 0.325 e. The SMILES string of the molecule is CCCN(CC(=O)OCC)C(=O)c1ccc(F)cc1Br. The molecule has 1 amide bonds. The van der Waals surface area contributed by atoms with Crippen molar-refractivity contribution in [2.75, 3.05) is 19.7 Å². The van der Waals surface area contributed by atoms with Gasteiger partial charge in [0.25, 0.3) is 5.91 Å². The number of halogens is 2. The van der Waals surface area contributed by atoms with Gasteiger partial charge in [-0.25, -0.2) is 4.39 Å². The fourth-order valence-electron chi connectivity index (χ4n) is 1.72. The molecule has 110 valence electrons. The lowest BCUT2D eigenvalue weighted by molar-refractivity contribution is -0.143. The van der Waals surface area contributed by atoms with E-state index in [2.05, 4.69) is 15.9 Å². The predicted molar refractivity (Wildman–Crippen MR) is 76.9 cm³/mol. The van der Waals surface area contributed by atoms with E-state index in [1.807, 2.05) is 6.92 Å². The Balaban J connectivity index is 2.90. The van der Waals surface area contributed by atoms with Gasteiger partial charge in [0.15, 0.2) is 0 Å². The summed E-state index contributed by atoms with van der Waals surface area (Å²) >= 11 is 3.16. The quantitative estimate of drug-likeness (QED) is 0.744. The summed E-state index contributed by atoms with van der Waals surface area (Å²) in [5, 5.41) is 0. The molecule has 0 N–H and O–H groups in total. The van der Waals surface area contributed by atoms with E-state index in [-0.39, 0.29) is 19.1 Å². The van der Waals surface area contributed by atoms with Crippen molar-refractivity contribution in [1.29, 1.82) is 0 Å². The number of carbonyl (C=O) groups is 2. The number of ether oxygens (including phenoxy) is 1. The van der Waals surface area contributed by atoms with Gasteiger partial charge in [-0.2, -0.15) is 0 Å². The van der Waals surface area contributed by atoms with E-state index in [0.29, 0.717) is 23.0 Å². The topological polar surface area (TPSA) is 46.6 Å². The monoisotopic (exact) mass is 345 g/mol. The van der Waals surface area contributed by atoms with E-state index in [9.17, 15) is 14.0 Å². The van der Waals surface area contributed by atoms with Gasteiger partial charge in [-0.3, -0.25) is 9.59 Å². The standard InChI is InChI=1S/C14H17BrFNO3/c1-3-7-17(9-13(18)20-4-2)14(19)11-6-5-10(16)8-12(11)15/h5-6,8H,3-4,7,9H2,1-2H3. The van der Waals surface area contributed by atoms with Gasteiger partial charge in [-0.1, -0.05) is 6.92 Å². The summed E-state index contributed by atoms with van der Waals surface area (Å²) in [4.78, 5) is 25.3. The number of carbonyl (C=O) groups excluding carboxylic acids is 2. The molecule has 0 aliphatic carbocycles. The first-order chi connectivity index (χ1) is 9.49. The van der Waals surface area contributed by atoms with Gasteiger partial charge in [0.2, 0.25) is 0 Å². The molecule has 0 fully saturated rings. The van der Waals surface area contributed by atoms with Crippen LogP contribution in [0.5, 0.6) is 0 Å². The molecule has 0 radical (unpaired) electrons. The zero-order valence-corrected chi connectivity index (χ0v) is 13.1. The number of nitrogens with zero attached hydrogens (tertiary/aromatic N) is 1. The van der Waals surface area contributed by atoms with Crippen LogP contribution in [0.2, 0.25) is 0 Å². The molecule has 0 bridgehead atoms. The molecule has 0 spiro atoms. The molecular formula is C14H17BrFNO3. The van der Waals surface area contributed by atoms with Crippen LogP contribution in [0.4, 0.5) is 4.39 Å². The van der Waals surface area contributed by atoms with Crippen molar-refractivity contribution in [3.8, 4) is 0 Å². The summed E-state index contributed by atoms with van der Waals surface area (Å²) in [6.07, 6.45) is 0.712. The second kappa shape index (κ2) is 7.99. The van der Waals surface area contributed by atoms with Crippen molar-refractivity contribution in [2.45, 2.75) is 20.3 Å². The number of amides is 1. The Bertz CT molecular complexity index is 493. The Labute approximate surface area is 126 Å². The predicted octanol–water partition coefficient (Wildman–Crippen LogP) is 3.00. The molecule has 0 saturated carbocycles. The lowest BCUT2D eigenvalue weighted by Gasteiger charge is -2.21. The van der Waals surface area contributed by atoms with Crippen LogP contribution < -0.4 is 0 Å². The van der Waals surface area contributed by atoms with Crippen molar-refractivity contribution in [3.05, 3.63) is 34.1 Å². The fraction of sp³-hybridized carbons (Fsp3) is 0.429. The molecule has 0 unspecified atom stereocenters. The molecule has 0 aliphatic rings. The Kier molecular flexibility index (Phi) is 6.64. The molecule has 0 aromatic heterocycles. The van der Waals surface area contributed by atoms with E-state index in [4.69, 9.17) is 4.74 Å². The van der Waals surface area contributed by atoms with Gasteiger partial charge in [-0.15, -0.1) is 0 Å². The molecule has 0 heterocycles. The minimum atomic E-state index is -0.451. The zero-order chi connectivity index (χ0) is 15.1. The maximum absolute atomic E-state index is 13.0. The summed E-state index contributed by atoms with van der Waals surface area (Å²) in [5.41, 5.74) is 0.323. The number of rotatable bonds is 6. The molecule has 1 aromatic rings. The fourth-order valence-corrected chi connectivity index (χ4v) is 2.24. The highest BCUT2D eigenvalue weighted by Crippen LogP contribution is 2.20. The van der Waals surface area contributed by atoms with Crippen molar-refractivity contribution < 1.29 is 18.7 Å². The summed E-state index contributed by atoms with van der Waals surface area (Å²) in [6, 6.07) is 3.84. The van der Waals surface area contributed by atoms with Crippen molar-refractivity contribution in [3.63, 3.8) is 0 Å². The number of esters is 1. The lowest BCUT2D eigenvalue weighted by Crippen LogP contribution is -2.37. The van der Waals surface area contributed by atoms with Crippen LogP contribution in [0.15, 0.2) is 22.7 Å². The maximum Gasteiger partial charge on any atom is 0.325 e. The molecule has 1 aromatic carbocycles. The van der Waals surface area contributed by atoms with E-state index < -0.39 is 11.8 Å². The number of hydrogen-bond acceptors (Lipinski definition) is 3. The van der Waals surface area contributed by atoms with Crippen molar-refractivity contribution in [1.82, 2.24) is 4.90 Å². The molecule has 0 atom stereocenters. The average molecular weight is 346 g/mol. The van der Waals surface area contributed by atoms with Gasteiger partial charge < -0.3 is 9.64 Å². The third-order valence-electron chi connectivity index (χ3n) is 2.57. The molecule has 0 saturated heterocycles. The highest BCUT2D eigenvalue weighted by Gasteiger charge is 2.20. The average Bonchev–Trinajstić information content (AvgIpc) is 2.38. The van der Waals surface area contributed by atoms with Crippen molar-refractivity contribution in [2.24, 2.45) is 0 Å². The van der Waals surface area contributed by atoms with E-state index in [1.54, 1.807) is 6.92 Å². The van der Waals surface area contributed by atoms with Crippen LogP contribution >= 0.6 is 15.9 Å². The normalized spacial score (nSPS) is 10.2. The molecule has 20 heavy (non-hydrogen) atoms. The van der Waals surface area contributed by atoms with Crippen molar-refractivity contribution >= 4 is 27.8 Å². The largest absolute Gasteiger partial charge is 0.465 e. The minimum absolute atomic E-state index is 0.107. The first-order valence-electron chi connectivity index (χ1n) is 6.39. The third kappa shape index (κ3) is 4.59. The minimum Gasteiger partial charge on any atom is -0.465 e. The highest BCUT2D eigenvalue weighted by atomic mass is 79.9. The van der Waals surface area contributed by atoms with E-state index in [1.165, 1.54) is 23.1 Å². The Morgan fingerprint density at radius 2 is 2.05 bits per heavy atom. The van der Waals surface area contributed by atoms with Gasteiger partial charge in [0.1, 0.15) is 12.4 Å². The van der Waals surface area contributed by atoms with Crippen LogP contribution in [0.25, 0.3) is 0 Å². The van der Waals surface area contributed by atoms with Gasteiger partial charge in [0.05, 0.1) is 12.2 Å². The summed E-state index contributed by atoms with van der Waals surface area (Å²) in [7, 11) is 0. The second-order valence-corrected chi connectivity index (χ2v) is 5.01. The Morgan fingerprint density at radius 3 is 2.60 bits per heavy atom. The summed E-state index contributed by atoms with van der Waals surface area (Å²) < 4.78 is 18.3. The van der Waals surface area contributed by atoms with Crippen LogP contribution in [-0.2, 0) is 9.53 Å². The number of hydrogen-bond donors (Lipinski definition) is 0. The van der Waals surface area contributed by atoms with Crippen LogP contribution in [0.1, 0.15) is 30.6 Å². The molecule has 6 heteroatoms. The summed E-state index contributed by atoms with van der Waals surface area (Å²) in [5.74, 6) is -1.21. The zero-order valence-electron chi connectivity index (χ0n) is 11.5. The van der Waals surface area contributed by atoms with Crippen LogP contribution in [0.3, 0.4) is 0 Å². The Hall–Kier alpha value is -1.43. The van der Waals surface area contributed by atoms with Crippen LogP contribution in [0, 0.1) is 5.82 Å². The molecule has 0 aliphatic heterocycles. The summed E-state index contributed by atoms with van der Waals surface area (Å²) in [6.45, 7) is 4.21. The first-order valence-corrected chi connectivity index (χ1v) is 7.18. The highest BCUT2D eigenvalue weighted by molar-refractivity contribution is 9.10. The van der Waals surface area contributed by atoms with Gasteiger partial charge in [-0.05, 0) is 47.5 Å². The number of benzene rings is 1. The molecule has 1 rings (SSSR count). The molecule has 4 nitrogen and oxygen atoms in total. The van der Waals surface area contributed by atoms with Gasteiger partial charge in [0, 0.05) is 11.0 Å². The third-order valence-corrected chi connectivity index (χ3v) is 3.22. The molecular weight excluding hydrogens is 329 g/mol.